The fraction of sp³-hybridized carbons (Fsp3) is 0.214. The molecule has 1 aromatic heterocycles. The predicted molar refractivity (Wildman–Crippen MR) is 68.7 cm³/mol. The summed E-state index contributed by atoms with van der Waals surface area (Å²) in [5.41, 5.74) is 2.26. The Bertz CT molecular complexity index is 540. The molecular weight excluding hydrogens is 230 g/mol. The van der Waals surface area contributed by atoms with E-state index >= 15 is 0 Å². The summed E-state index contributed by atoms with van der Waals surface area (Å²) in [6.07, 6.45) is 0. The molecule has 18 heavy (non-hydrogen) atoms. The van der Waals surface area contributed by atoms with Crippen LogP contribution in [0, 0.1) is 0 Å². The van der Waals surface area contributed by atoms with Crippen LogP contribution in [0.2, 0.25) is 0 Å². The van der Waals surface area contributed by atoms with Gasteiger partial charge < -0.3 is 14.6 Å². The minimum atomic E-state index is -0.0771. The van der Waals surface area contributed by atoms with Gasteiger partial charge >= 0.3 is 0 Å². The van der Waals surface area contributed by atoms with Crippen LogP contribution in [0.25, 0.3) is 11.3 Å². The molecule has 1 aromatic carbocycles. The number of aliphatic hydroxyl groups excluding tert-OH is 1. The number of hydrogen-bond acceptors (Lipinski definition) is 4. The van der Waals surface area contributed by atoms with Crippen molar-refractivity contribution in [3.05, 3.63) is 42.1 Å². The Hall–Kier alpha value is -2.07. The molecule has 0 saturated heterocycles. The van der Waals surface area contributed by atoms with Gasteiger partial charge in [0.1, 0.15) is 11.5 Å². The van der Waals surface area contributed by atoms with E-state index in [0.29, 0.717) is 11.4 Å². The summed E-state index contributed by atoms with van der Waals surface area (Å²) in [4.78, 5) is 4.35. The van der Waals surface area contributed by atoms with E-state index in [1.165, 1.54) is 0 Å². The third kappa shape index (κ3) is 2.43. The topological polar surface area (TPSA) is 51.6 Å². The van der Waals surface area contributed by atoms with E-state index in [1.54, 1.807) is 20.3 Å². The smallest absolute Gasteiger partial charge is 0.131 e. The molecule has 0 aliphatic rings. The molecule has 0 radical (unpaired) electrons. The molecule has 0 unspecified atom stereocenters. The highest BCUT2D eigenvalue weighted by molar-refractivity contribution is 5.68. The van der Waals surface area contributed by atoms with Gasteiger partial charge in [0.25, 0.3) is 0 Å². The fourth-order valence-corrected chi connectivity index (χ4v) is 1.73. The van der Waals surface area contributed by atoms with Crippen molar-refractivity contribution in [2.24, 2.45) is 0 Å². The zero-order valence-electron chi connectivity index (χ0n) is 10.4. The first kappa shape index (κ1) is 12.4. The number of benzene rings is 1. The third-order valence-electron chi connectivity index (χ3n) is 2.65. The second kappa shape index (κ2) is 5.51. The van der Waals surface area contributed by atoms with E-state index in [2.05, 4.69) is 4.98 Å². The first-order chi connectivity index (χ1) is 8.78. The van der Waals surface area contributed by atoms with Crippen LogP contribution in [0.5, 0.6) is 11.5 Å². The van der Waals surface area contributed by atoms with Crippen molar-refractivity contribution in [1.82, 2.24) is 4.98 Å². The van der Waals surface area contributed by atoms with Crippen LogP contribution >= 0.6 is 0 Å². The minimum absolute atomic E-state index is 0.0771. The normalized spacial score (nSPS) is 10.2. The Morgan fingerprint density at radius 1 is 1.11 bits per heavy atom. The molecule has 0 atom stereocenters. The second-order valence-corrected chi connectivity index (χ2v) is 3.74. The number of methoxy groups -OCH3 is 2. The number of rotatable bonds is 4. The summed E-state index contributed by atoms with van der Waals surface area (Å²) >= 11 is 0. The van der Waals surface area contributed by atoms with Gasteiger partial charge in [-0.3, -0.25) is 4.98 Å². The number of pyridine rings is 1. The van der Waals surface area contributed by atoms with Gasteiger partial charge in [0.05, 0.1) is 32.2 Å². The van der Waals surface area contributed by atoms with E-state index in [-0.39, 0.29) is 6.61 Å². The van der Waals surface area contributed by atoms with E-state index in [0.717, 1.165) is 17.0 Å². The van der Waals surface area contributed by atoms with Gasteiger partial charge in [-0.1, -0.05) is 6.07 Å². The summed E-state index contributed by atoms with van der Waals surface area (Å²) < 4.78 is 10.5. The molecule has 0 saturated carbocycles. The van der Waals surface area contributed by atoms with Gasteiger partial charge in [-0.25, -0.2) is 0 Å². The molecule has 1 heterocycles. The second-order valence-electron chi connectivity index (χ2n) is 3.74. The Morgan fingerprint density at radius 2 is 1.94 bits per heavy atom. The number of hydrogen-bond donors (Lipinski definition) is 1. The molecule has 94 valence electrons. The van der Waals surface area contributed by atoms with Crippen molar-refractivity contribution in [2.45, 2.75) is 6.61 Å². The van der Waals surface area contributed by atoms with Crippen molar-refractivity contribution in [1.29, 1.82) is 0 Å². The summed E-state index contributed by atoms with van der Waals surface area (Å²) in [7, 11) is 3.22. The van der Waals surface area contributed by atoms with Gasteiger partial charge in [-0.15, -0.1) is 0 Å². The molecule has 0 fully saturated rings. The highest BCUT2D eigenvalue weighted by atomic mass is 16.5. The third-order valence-corrected chi connectivity index (χ3v) is 2.65. The summed E-state index contributed by atoms with van der Waals surface area (Å²) in [6.45, 7) is -0.0771. The standard InChI is InChI=1S/C14H15NO3/c1-17-11-6-7-12(14(8-11)18-2)13-5-3-4-10(9-16)15-13/h3-8,16H,9H2,1-2H3. The molecule has 0 aliphatic carbocycles. The van der Waals surface area contributed by atoms with Gasteiger partial charge in [0.2, 0.25) is 0 Å². The van der Waals surface area contributed by atoms with Gasteiger partial charge in [0, 0.05) is 11.6 Å². The quantitative estimate of drug-likeness (QED) is 0.897. The largest absolute Gasteiger partial charge is 0.497 e. The zero-order chi connectivity index (χ0) is 13.0. The van der Waals surface area contributed by atoms with Gasteiger partial charge in [-0.2, -0.15) is 0 Å². The molecule has 2 aromatic rings. The first-order valence-electron chi connectivity index (χ1n) is 5.57. The molecule has 4 nitrogen and oxygen atoms in total. The molecular formula is C14H15NO3. The van der Waals surface area contributed by atoms with Crippen LogP contribution in [-0.2, 0) is 6.61 Å². The van der Waals surface area contributed by atoms with Crippen molar-refractivity contribution >= 4 is 0 Å². The SMILES string of the molecule is COc1ccc(-c2cccc(CO)n2)c(OC)c1. The van der Waals surface area contributed by atoms with Crippen molar-refractivity contribution in [2.75, 3.05) is 14.2 Å². The van der Waals surface area contributed by atoms with Crippen LogP contribution in [0.15, 0.2) is 36.4 Å². The molecule has 4 heteroatoms. The first-order valence-corrected chi connectivity index (χ1v) is 5.57. The van der Waals surface area contributed by atoms with Crippen molar-refractivity contribution in [3.63, 3.8) is 0 Å². The number of ether oxygens (including phenoxy) is 2. The molecule has 1 N–H and O–H groups in total. The molecule has 0 spiro atoms. The van der Waals surface area contributed by atoms with Crippen LogP contribution in [0.3, 0.4) is 0 Å². The average Bonchev–Trinajstić information content (AvgIpc) is 2.46. The Balaban J connectivity index is 2.48. The molecule has 0 bridgehead atoms. The Kier molecular flexibility index (Phi) is 3.79. The number of nitrogens with zero attached hydrogens (tertiary/aromatic N) is 1. The number of aliphatic hydroxyl groups is 1. The van der Waals surface area contributed by atoms with E-state index < -0.39 is 0 Å². The summed E-state index contributed by atoms with van der Waals surface area (Å²) in [5.74, 6) is 1.42. The summed E-state index contributed by atoms with van der Waals surface area (Å²) in [5, 5.41) is 9.10. The van der Waals surface area contributed by atoms with Gasteiger partial charge in [0.15, 0.2) is 0 Å². The van der Waals surface area contributed by atoms with E-state index in [9.17, 15) is 0 Å². The van der Waals surface area contributed by atoms with Gasteiger partial charge in [-0.05, 0) is 24.3 Å². The van der Waals surface area contributed by atoms with Crippen LogP contribution in [0.4, 0.5) is 0 Å². The van der Waals surface area contributed by atoms with Crippen LogP contribution in [-0.4, -0.2) is 24.3 Å². The highest BCUT2D eigenvalue weighted by Crippen LogP contribution is 2.32. The van der Waals surface area contributed by atoms with Crippen molar-refractivity contribution in [3.8, 4) is 22.8 Å². The average molecular weight is 245 g/mol. The minimum Gasteiger partial charge on any atom is -0.497 e. The van der Waals surface area contributed by atoms with E-state index in [4.69, 9.17) is 14.6 Å². The predicted octanol–water partition coefficient (Wildman–Crippen LogP) is 2.26. The monoisotopic (exact) mass is 245 g/mol. The maximum Gasteiger partial charge on any atom is 0.131 e. The van der Waals surface area contributed by atoms with E-state index in [1.807, 2.05) is 30.3 Å². The molecule has 0 amide bonds. The lowest BCUT2D eigenvalue weighted by Crippen LogP contribution is -1.94. The highest BCUT2D eigenvalue weighted by Gasteiger charge is 2.09. The fourth-order valence-electron chi connectivity index (χ4n) is 1.73. The molecule has 2 rings (SSSR count). The van der Waals surface area contributed by atoms with Crippen LogP contribution in [0.1, 0.15) is 5.69 Å². The molecule has 0 aliphatic heterocycles. The number of aromatic nitrogens is 1. The lowest BCUT2D eigenvalue weighted by molar-refractivity contribution is 0.277. The Morgan fingerprint density at radius 3 is 2.61 bits per heavy atom. The maximum absolute atomic E-state index is 9.10. The lowest BCUT2D eigenvalue weighted by Gasteiger charge is -2.10. The van der Waals surface area contributed by atoms with Crippen LogP contribution < -0.4 is 9.47 Å². The Labute approximate surface area is 106 Å². The summed E-state index contributed by atoms with van der Waals surface area (Å²) in [6, 6.07) is 11.1. The zero-order valence-corrected chi connectivity index (χ0v) is 10.4. The lowest BCUT2D eigenvalue weighted by atomic mass is 10.1. The van der Waals surface area contributed by atoms with Crippen molar-refractivity contribution < 1.29 is 14.6 Å². The maximum atomic E-state index is 9.10.